The van der Waals surface area contributed by atoms with Crippen LogP contribution in [0.4, 0.5) is 5.69 Å². The number of amides is 1. The summed E-state index contributed by atoms with van der Waals surface area (Å²) in [7, 11) is 0. The topological polar surface area (TPSA) is 46.3 Å². The van der Waals surface area contributed by atoms with Crippen molar-refractivity contribution < 1.29 is 4.79 Å². The van der Waals surface area contributed by atoms with E-state index in [1.165, 1.54) is 0 Å². The second kappa shape index (κ2) is 6.86. The quantitative estimate of drug-likeness (QED) is 0.837. The second-order valence-corrected chi connectivity index (χ2v) is 4.89. The molecule has 0 aliphatic heterocycles. The van der Waals surface area contributed by atoms with Crippen LogP contribution in [0.5, 0.6) is 0 Å². The van der Waals surface area contributed by atoms with Crippen molar-refractivity contribution in [3.8, 4) is 0 Å². The Bertz CT molecular complexity index is 435. The Morgan fingerprint density at radius 1 is 1.33 bits per heavy atom. The van der Waals surface area contributed by atoms with Crippen LogP contribution in [-0.2, 0) is 0 Å². The summed E-state index contributed by atoms with van der Waals surface area (Å²) in [5.41, 5.74) is 6.51. The zero-order chi connectivity index (χ0) is 13.7. The van der Waals surface area contributed by atoms with Crippen LogP contribution in [-0.4, -0.2) is 23.9 Å². The molecule has 0 saturated heterocycles. The van der Waals surface area contributed by atoms with E-state index in [9.17, 15) is 4.79 Å². The number of anilines is 1. The number of benzene rings is 1. The summed E-state index contributed by atoms with van der Waals surface area (Å²) in [5, 5.41) is 0.581. The molecule has 1 aromatic rings. The number of nitrogens with zero attached hydrogens (tertiary/aromatic N) is 1. The smallest absolute Gasteiger partial charge is 0.255 e. The van der Waals surface area contributed by atoms with E-state index in [4.69, 9.17) is 28.9 Å². The number of hydrogen-bond acceptors (Lipinski definition) is 2. The molecule has 0 aliphatic carbocycles. The van der Waals surface area contributed by atoms with E-state index < -0.39 is 0 Å². The van der Waals surface area contributed by atoms with Gasteiger partial charge in [-0.1, -0.05) is 36.5 Å². The Balaban J connectivity index is 3.01. The van der Waals surface area contributed by atoms with Gasteiger partial charge >= 0.3 is 0 Å². The standard InChI is InChI=1S/C13H18Cl2N2O/c1-3-5-6-17(4-2)13(18)10-7-9(16)8-11(14)12(10)15/h7-8H,3-6,16H2,1-2H3. The molecule has 0 aliphatic rings. The lowest BCUT2D eigenvalue weighted by atomic mass is 10.1. The minimum Gasteiger partial charge on any atom is -0.399 e. The lowest BCUT2D eigenvalue weighted by Gasteiger charge is -2.21. The summed E-state index contributed by atoms with van der Waals surface area (Å²) in [5.74, 6) is -0.120. The molecule has 18 heavy (non-hydrogen) atoms. The minimum atomic E-state index is -0.120. The maximum Gasteiger partial charge on any atom is 0.255 e. The van der Waals surface area contributed by atoms with E-state index in [2.05, 4.69) is 6.92 Å². The van der Waals surface area contributed by atoms with Crippen molar-refractivity contribution in [3.05, 3.63) is 27.7 Å². The average Bonchev–Trinajstić information content (AvgIpc) is 2.34. The first-order valence-corrected chi connectivity index (χ1v) is 6.80. The molecule has 0 aromatic heterocycles. The number of carbonyl (C=O) groups excluding carboxylic acids is 1. The van der Waals surface area contributed by atoms with E-state index in [1.54, 1.807) is 17.0 Å². The first-order valence-electron chi connectivity index (χ1n) is 6.05. The summed E-state index contributed by atoms with van der Waals surface area (Å²) >= 11 is 12.0. The summed E-state index contributed by atoms with van der Waals surface area (Å²) in [6, 6.07) is 3.12. The summed E-state index contributed by atoms with van der Waals surface area (Å²) in [4.78, 5) is 14.1. The first-order chi connectivity index (χ1) is 8.51. The lowest BCUT2D eigenvalue weighted by molar-refractivity contribution is 0.0762. The zero-order valence-electron chi connectivity index (χ0n) is 10.7. The van der Waals surface area contributed by atoms with Gasteiger partial charge in [-0.05, 0) is 25.5 Å². The van der Waals surface area contributed by atoms with Crippen molar-refractivity contribution in [2.24, 2.45) is 0 Å². The normalized spacial score (nSPS) is 10.4. The van der Waals surface area contributed by atoms with E-state index in [-0.39, 0.29) is 10.9 Å². The van der Waals surface area contributed by atoms with Crippen molar-refractivity contribution in [1.82, 2.24) is 4.90 Å². The van der Waals surface area contributed by atoms with Gasteiger partial charge in [-0.3, -0.25) is 4.79 Å². The van der Waals surface area contributed by atoms with Gasteiger partial charge in [0.25, 0.3) is 5.91 Å². The van der Waals surface area contributed by atoms with Crippen LogP contribution in [0.15, 0.2) is 12.1 Å². The molecule has 0 fully saturated rings. The fraction of sp³-hybridized carbons (Fsp3) is 0.462. The van der Waals surface area contributed by atoms with Crippen LogP contribution < -0.4 is 5.73 Å². The number of rotatable bonds is 5. The van der Waals surface area contributed by atoms with Crippen molar-refractivity contribution in [3.63, 3.8) is 0 Å². The molecular weight excluding hydrogens is 271 g/mol. The monoisotopic (exact) mass is 288 g/mol. The second-order valence-electron chi connectivity index (χ2n) is 4.10. The van der Waals surface area contributed by atoms with Gasteiger partial charge < -0.3 is 10.6 Å². The third-order valence-corrected chi connectivity index (χ3v) is 3.53. The molecule has 100 valence electrons. The van der Waals surface area contributed by atoms with Crippen LogP contribution in [0.1, 0.15) is 37.0 Å². The number of nitrogen functional groups attached to an aromatic ring is 1. The maximum atomic E-state index is 12.3. The van der Waals surface area contributed by atoms with Gasteiger partial charge in [-0.2, -0.15) is 0 Å². The molecule has 0 bridgehead atoms. The van der Waals surface area contributed by atoms with Crippen LogP contribution in [0.3, 0.4) is 0 Å². The minimum absolute atomic E-state index is 0.120. The third-order valence-electron chi connectivity index (χ3n) is 2.73. The van der Waals surface area contributed by atoms with Crippen LogP contribution >= 0.6 is 23.2 Å². The van der Waals surface area contributed by atoms with Crippen LogP contribution in [0, 0.1) is 0 Å². The van der Waals surface area contributed by atoms with E-state index in [1.807, 2.05) is 6.92 Å². The molecular formula is C13H18Cl2N2O. The molecule has 0 saturated carbocycles. The van der Waals surface area contributed by atoms with Crippen LogP contribution in [0.2, 0.25) is 10.0 Å². The predicted molar refractivity (Wildman–Crippen MR) is 77.4 cm³/mol. The summed E-state index contributed by atoms with van der Waals surface area (Å²) in [6.45, 7) is 5.38. The molecule has 0 radical (unpaired) electrons. The fourth-order valence-corrected chi connectivity index (χ4v) is 2.11. The van der Waals surface area contributed by atoms with Gasteiger partial charge in [-0.15, -0.1) is 0 Å². The molecule has 1 aromatic carbocycles. The molecule has 1 amide bonds. The zero-order valence-corrected chi connectivity index (χ0v) is 12.2. The van der Waals surface area contributed by atoms with Crippen molar-refractivity contribution >= 4 is 34.8 Å². The molecule has 0 heterocycles. The summed E-state index contributed by atoms with van der Waals surface area (Å²) in [6.07, 6.45) is 2.00. The van der Waals surface area contributed by atoms with Gasteiger partial charge in [0.1, 0.15) is 0 Å². The highest BCUT2D eigenvalue weighted by atomic mass is 35.5. The summed E-state index contributed by atoms with van der Waals surface area (Å²) < 4.78 is 0. The largest absolute Gasteiger partial charge is 0.399 e. The molecule has 2 N–H and O–H groups in total. The van der Waals surface area contributed by atoms with E-state index >= 15 is 0 Å². The molecule has 0 atom stereocenters. The molecule has 3 nitrogen and oxygen atoms in total. The number of halogens is 2. The van der Waals surface area contributed by atoms with Gasteiger partial charge in [0.15, 0.2) is 0 Å². The highest BCUT2D eigenvalue weighted by Crippen LogP contribution is 2.29. The molecule has 0 unspecified atom stereocenters. The number of nitrogens with two attached hydrogens (primary N) is 1. The highest BCUT2D eigenvalue weighted by Gasteiger charge is 2.19. The van der Waals surface area contributed by atoms with Gasteiger partial charge in [0, 0.05) is 18.8 Å². The predicted octanol–water partition coefficient (Wildman–Crippen LogP) is 3.84. The van der Waals surface area contributed by atoms with Gasteiger partial charge in [0.05, 0.1) is 15.6 Å². The number of carbonyl (C=O) groups is 1. The van der Waals surface area contributed by atoms with Gasteiger partial charge in [0.2, 0.25) is 0 Å². The third kappa shape index (κ3) is 3.53. The molecule has 0 spiro atoms. The highest BCUT2D eigenvalue weighted by molar-refractivity contribution is 6.44. The fourth-order valence-electron chi connectivity index (χ4n) is 1.69. The lowest BCUT2D eigenvalue weighted by Crippen LogP contribution is -2.32. The van der Waals surface area contributed by atoms with Crippen LogP contribution in [0.25, 0.3) is 0 Å². The van der Waals surface area contributed by atoms with Crippen molar-refractivity contribution in [1.29, 1.82) is 0 Å². The Morgan fingerprint density at radius 3 is 2.56 bits per heavy atom. The molecule has 1 rings (SSSR count). The van der Waals surface area contributed by atoms with Crippen molar-refractivity contribution in [2.45, 2.75) is 26.7 Å². The Hall–Kier alpha value is -0.930. The Kier molecular flexibility index (Phi) is 5.76. The number of unbranched alkanes of at least 4 members (excludes halogenated alkanes) is 1. The molecule has 5 heteroatoms. The van der Waals surface area contributed by atoms with E-state index in [0.717, 1.165) is 12.8 Å². The maximum absolute atomic E-state index is 12.3. The average molecular weight is 289 g/mol. The Morgan fingerprint density at radius 2 is 2.00 bits per heavy atom. The number of hydrogen-bond donors (Lipinski definition) is 1. The van der Waals surface area contributed by atoms with Crippen molar-refractivity contribution in [2.75, 3.05) is 18.8 Å². The SMILES string of the molecule is CCCCN(CC)C(=O)c1cc(N)cc(Cl)c1Cl. The van der Waals surface area contributed by atoms with E-state index in [0.29, 0.717) is 29.4 Å². The Labute approximate surface area is 118 Å². The van der Waals surface area contributed by atoms with Gasteiger partial charge in [-0.25, -0.2) is 0 Å². The first kappa shape index (κ1) is 15.1.